The van der Waals surface area contributed by atoms with Gasteiger partial charge < -0.3 is 29.2 Å². The van der Waals surface area contributed by atoms with Gasteiger partial charge in [-0.3, -0.25) is 0 Å². The van der Waals surface area contributed by atoms with E-state index in [1.807, 2.05) is 6.07 Å². The number of fused-ring (bicyclic) bond motifs is 3. The van der Waals surface area contributed by atoms with Gasteiger partial charge in [-0.15, -0.1) is 0 Å². The van der Waals surface area contributed by atoms with Crippen LogP contribution in [-0.4, -0.2) is 37.0 Å². The zero-order valence-corrected chi connectivity index (χ0v) is 23.9. The maximum Gasteiger partial charge on any atom is 0.231 e. The Kier molecular flexibility index (Phi) is 5.95. The van der Waals surface area contributed by atoms with Crippen LogP contribution in [0.1, 0.15) is 24.0 Å². The third kappa shape index (κ3) is 3.64. The molecule has 3 fully saturated rings. The van der Waals surface area contributed by atoms with Gasteiger partial charge >= 0.3 is 0 Å². The first kappa shape index (κ1) is 25.5. The number of allylic oxidation sites excluding steroid dienone is 4. The van der Waals surface area contributed by atoms with Crippen LogP contribution >= 0.6 is 0 Å². The fourth-order valence-corrected chi connectivity index (χ4v) is 11.1. The molecule has 0 amide bonds. The molecule has 0 saturated heterocycles. The molecule has 220 valence electrons. The highest BCUT2D eigenvalue weighted by atomic mass is 16.7. The molecule has 8 aliphatic rings. The van der Waals surface area contributed by atoms with Crippen molar-refractivity contribution in [1.82, 2.24) is 0 Å². The van der Waals surface area contributed by atoms with Crippen molar-refractivity contribution in [2.24, 2.45) is 71.0 Å². The van der Waals surface area contributed by atoms with Crippen LogP contribution in [0.15, 0.2) is 60.7 Å². The summed E-state index contributed by atoms with van der Waals surface area (Å²) in [6.45, 7) is 1.13. The molecule has 6 nitrogen and oxygen atoms in total. The molecule has 2 aromatic carbocycles. The highest BCUT2D eigenvalue weighted by molar-refractivity contribution is 5.46. The Bertz CT molecular complexity index is 1430. The molecule has 6 aliphatic carbocycles. The van der Waals surface area contributed by atoms with Gasteiger partial charge in [0.2, 0.25) is 13.6 Å². The second-order valence-corrected chi connectivity index (χ2v) is 13.9. The summed E-state index contributed by atoms with van der Waals surface area (Å²) in [4.78, 5) is 0. The lowest BCUT2D eigenvalue weighted by Crippen LogP contribution is -2.67. The first-order chi connectivity index (χ1) is 20.7. The molecule has 2 aliphatic heterocycles. The van der Waals surface area contributed by atoms with Gasteiger partial charge in [0.1, 0.15) is 0 Å². The van der Waals surface area contributed by atoms with Crippen LogP contribution in [0.2, 0.25) is 0 Å². The first-order valence-electron chi connectivity index (χ1n) is 16.1. The summed E-state index contributed by atoms with van der Waals surface area (Å²) in [5.74, 6) is 10.5. The second kappa shape index (κ2) is 9.78. The van der Waals surface area contributed by atoms with Gasteiger partial charge in [0.25, 0.3) is 0 Å². The number of rotatable bonds is 8. The van der Waals surface area contributed by atoms with Crippen LogP contribution in [0.3, 0.4) is 0 Å². The van der Waals surface area contributed by atoms with Crippen molar-refractivity contribution < 1.29 is 29.2 Å². The minimum absolute atomic E-state index is 0.257. The molecule has 3 saturated carbocycles. The Morgan fingerprint density at radius 1 is 0.500 bits per heavy atom. The SMILES string of the molecule is OCC[C@@H]1C(Cc2ccc3c(c2)OCO3)C2C3C=CC([C@@H]4C3C=C[C@@H]3C(Cc5ccc6c(c5)OCO6)[C@@H](CCO)[C@H]43)[C@@H]21. The summed E-state index contributed by atoms with van der Waals surface area (Å²) in [5, 5.41) is 20.3. The number of ether oxygens (including phenoxy) is 4. The first-order valence-corrected chi connectivity index (χ1v) is 16.1. The average molecular weight is 569 g/mol. The van der Waals surface area contributed by atoms with Gasteiger partial charge in [0, 0.05) is 13.2 Å². The van der Waals surface area contributed by atoms with E-state index in [1.165, 1.54) is 11.1 Å². The van der Waals surface area contributed by atoms with Crippen LogP contribution in [0, 0.1) is 71.0 Å². The van der Waals surface area contributed by atoms with E-state index in [9.17, 15) is 10.2 Å². The second-order valence-electron chi connectivity index (χ2n) is 13.9. The molecule has 42 heavy (non-hydrogen) atoms. The predicted octanol–water partition coefficient (Wildman–Crippen LogP) is 5.27. The van der Waals surface area contributed by atoms with E-state index in [1.54, 1.807) is 0 Å². The van der Waals surface area contributed by atoms with E-state index in [-0.39, 0.29) is 13.2 Å². The molecule has 2 aromatic rings. The Morgan fingerprint density at radius 3 is 1.62 bits per heavy atom. The van der Waals surface area contributed by atoms with Gasteiger partial charge in [-0.25, -0.2) is 0 Å². The molecule has 0 radical (unpaired) electrons. The van der Waals surface area contributed by atoms with E-state index in [0.717, 1.165) is 48.7 Å². The molecule has 10 rings (SSSR count). The third-order valence-electron chi connectivity index (χ3n) is 12.5. The van der Waals surface area contributed by atoms with Crippen molar-refractivity contribution >= 4 is 0 Å². The highest BCUT2D eigenvalue weighted by Crippen LogP contribution is 2.71. The Balaban J connectivity index is 0.989. The molecule has 2 N–H and O–H groups in total. The van der Waals surface area contributed by atoms with Crippen molar-refractivity contribution in [2.75, 3.05) is 26.8 Å². The number of aliphatic hydroxyl groups excluding tert-OH is 2. The summed E-state index contributed by atoms with van der Waals surface area (Å²) < 4.78 is 22.4. The lowest BCUT2D eigenvalue weighted by Gasteiger charge is -2.71. The molecule has 0 aromatic heterocycles. The van der Waals surface area contributed by atoms with E-state index >= 15 is 0 Å². The zero-order valence-electron chi connectivity index (χ0n) is 23.9. The van der Waals surface area contributed by atoms with Gasteiger partial charge in [-0.1, -0.05) is 36.4 Å². The van der Waals surface area contributed by atoms with Crippen molar-refractivity contribution in [3.05, 3.63) is 71.8 Å². The molecule has 6 heteroatoms. The fourth-order valence-electron chi connectivity index (χ4n) is 11.1. The van der Waals surface area contributed by atoms with Crippen LogP contribution in [0.4, 0.5) is 0 Å². The molecular weight excluding hydrogens is 528 g/mol. The normalized spacial score (nSPS) is 40.6. The van der Waals surface area contributed by atoms with Gasteiger partial charge in [-0.2, -0.15) is 0 Å². The highest BCUT2D eigenvalue weighted by Gasteiger charge is 2.67. The minimum atomic E-state index is 0.257. The van der Waals surface area contributed by atoms with Gasteiger partial charge in [-0.05, 0) is 132 Å². The summed E-state index contributed by atoms with van der Waals surface area (Å²) in [6, 6.07) is 12.8. The lowest BCUT2D eigenvalue weighted by molar-refractivity contribution is -0.192. The van der Waals surface area contributed by atoms with E-state index in [2.05, 4.69) is 54.6 Å². The van der Waals surface area contributed by atoms with Crippen LogP contribution in [0.5, 0.6) is 23.0 Å². The van der Waals surface area contributed by atoms with Crippen LogP contribution in [-0.2, 0) is 12.8 Å². The van der Waals surface area contributed by atoms with E-state index < -0.39 is 0 Å². The van der Waals surface area contributed by atoms with Crippen molar-refractivity contribution in [1.29, 1.82) is 0 Å². The topological polar surface area (TPSA) is 77.4 Å². The number of hydrogen-bond acceptors (Lipinski definition) is 6. The summed E-state index contributed by atoms with van der Waals surface area (Å²) >= 11 is 0. The Labute approximate surface area is 247 Å². The van der Waals surface area contributed by atoms with E-state index in [4.69, 9.17) is 18.9 Å². The molecule has 2 heterocycles. The maximum absolute atomic E-state index is 10.2. The maximum atomic E-state index is 10.2. The van der Waals surface area contributed by atoms with E-state index in [0.29, 0.717) is 84.6 Å². The quantitative estimate of drug-likeness (QED) is 0.423. The van der Waals surface area contributed by atoms with Crippen molar-refractivity contribution in [3.63, 3.8) is 0 Å². The molecular formula is C36H40O6. The predicted molar refractivity (Wildman–Crippen MR) is 156 cm³/mol. The molecule has 2 bridgehead atoms. The average Bonchev–Trinajstić information content (AvgIpc) is 3.68. The van der Waals surface area contributed by atoms with Gasteiger partial charge in [0.05, 0.1) is 0 Å². The summed E-state index contributed by atoms with van der Waals surface area (Å²) in [7, 11) is 0. The lowest BCUT2D eigenvalue weighted by atomic mass is 9.33. The monoisotopic (exact) mass is 568 g/mol. The smallest absolute Gasteiger partial charge is 0.231 e. The largest absolute Gasteiger partial charge is 0.454 e. The third-order valence-corrected chi connectivity index (χ3v) is 12.5. The summed E-state index contributed by atoms with van der Waals surface area (Å²) in [6.07, 6.45) is 14.1. The van der Waals surface area contributed by atoms with Crippen molar-refractivity contribution in [2.45, 2.75) is 25.7 Å². The van der Waals surface area contributed by atoms with Crippen LogP contribution < -0.4 is 18.9 Å². The zero-order chi connectivity index (χ0) is 27.9. The number of benzene rings is 2. The minimum Gasteiger partial charge on any atom is -0.454 e. The molecule has 6 unspecified atom stereocenters. The fraction of sp³-hybridized carbons (Fsp3) is 0.556. The van der Waals surface area contributed by atoms with Crippen molar-refractivity contribution in [3.8, 4) is 23.0 Å². The van der Waals surface area contributed by atoms with Gasteiger partial charge in [0.15, 0.2) is 23.0 Å². The Hall–Kier alpha value is -2.96. The van der Waals surface area contributed by atoms with Crippen LogP contribution in [0.25, 0.3) is 0 Å². The number of aliphatic hydroxyl groups is 2. The molecule has 12 atom stereocenters. The Morgan fingerprint density at radius 2 is 0.976 bits per heavy atom. The molecule has 0 spiro atoms. The number of hydrogen-bond donors (Lipinski definition) is 2. The standard InChI is InChI=1S/C36H40O6/c37-11-9-24-27(13-19-1-7-29-31(15-19)41-17-39-29)23-4-3-21-22-5-6-26(34(21)33(23)24)35-25(10-12-38)28(36(22)35)14-20-2-8-30-32(16-20)42-18-40-30/h1-8,15-16,21-28,33-38H,9-14,17-18H2/t21?,22?,23-,24-,25-,26?,27?,28?,33-,34+,35+,36?/m1/s1. The summed E-state index contributed by atoms with van der Waals surface area (Å²) in [5.41, 5.74) is 2.62.